The molecule has 0 aliphatic carbocycles. The molecule has 92 valence electrons. The van der Waals surface area contributed by atoms with Gasteiger partial charge >= 0.3 is 0 Å². The smallest absolute Gasteiger partial charge is 0.255 e. The van der Waals surface area contributed by atoms with E-state index in [1.165, 1.54) is 19.2 Å². The Bertz CT molecular complexity index is 441. The fourth-order valence-corrected chi connectivity index (χ4v) is 1.38. The summed E-state index contributed by atoms with van der Waals surface area (Å²) in [7, 11) is 1.46. The Kier molecular flexibility index (Phi) is 4.09. The lowest BCUT2D eigenvalue weighted by Crippen LogP contribution is -2.30. The van der Waals surface area contributed by atoms with E-state index in [1.54, 1.807) is 6.07 Å². The van der Waals surface area contributed by atoms with Crippen LogP contribution in [0.4, 0.5) is 0 Å². The van der Waals surface area contributed by atoms with Crippen molar-refractivity contribution in [1.29, 1.82) is 0 Å². The van der Waals surface area contributed by atoms with Crippen LogP contribution >= 0.6 is 0 Å². The van der Waals surface area contributed by atoms with E-state index in [2.05, 4.69) is 10.6 Å². The summed E-state index contributed by atoms with van der Waals surface area (Å²) in [5.74, 6) is -1.13. The summed E-state index contributed by atoms with van der Waals surface area (Å²) in [6, 6.07) is 4.45. The molecule has 17 heavy (non-hydrogen) atoms. The maximum Gasteiger partial charge on any atom is 0.255 e. The maximum absolute atomic E-state index is 11.7. The van der Waals surface area contributed by atoms with Crippen LogP contribution in [0.2, 0.25) is 0 Å². The summed E-state index contributed by atoms with van der Waals surface area (Å²) in [6.07, 6.45) is 0. The van der Waals surface area contributed by atoms with E-state index in [9.17, 15) is 14.7 Å². The molecule has 0 saturated heterocycles. The summed E-state index contributed by atoms with van der Waals surface area (Å²) in [4.78, 5) is 23.2. The van der Waals surface area contributed by atoms with Crippen molar-refractivity contribution in [3.8, 4) is 5.75 Å². The van der Waals surface area contributed by atoms with E-state index < -0.39 is 11.8 Å². The highest BCUT2D eigenvalue weighted by Crippen LogP contribution is 2.22. The molecule has 1 aromatic rings. The van der Waals surface area contributed by atoms with Crippen LogP contribution in [0.5, 0.6) is 5.75 Å². The van der Waals surface area contributed by atoms with Gasteiger partial charge in [-0.1, -0.05) is 6.07 Å². The number of carbonyl (C=O) groups is 2. The second-order valence-corrected chi connectivity index (χ2v) is 3.91. The van der Waals surface area contributed by atoms with Gasteiger partial charge in [0.2, 0.25) is 0 Å². The zero-order valence-corrected chi connectivity index (χ0v) is 10.1. The van der Waals surface area contributed by atoms with Gasteiger partial charge in [0.1, 0.15) is 5.75 Å². The van der Waals surface area contributed by atoms with E-state index in [4.69, 9.17) is 0 Å². The minimum absolute atomic E-state index is 0.0365. The summed E-state index contributed by atoms with van der Waals surface area (Å²) in [5.41, 5.74) is 0.184. The molecule has 0 saturated carbocycles. The zero-order chi connectivity index (χ0) is 13.0. The molecule has 1 rings (SSSR count). The molecule has 0 aromatic heterocycles. The van der Waals surface area contributed by atoms with Gasteiger partial charge in [0.25, 0.3) is 11.8 Å². The average Bonchev–Trinajstić information content (AvgIpc) is 2.27. The lowest BCUT2D eigenvalue weighted by molar-refractivity contribution is 0.0940. The Hall–Kier alpha value is -2.04. The predicted octanol–water partition coefficient (Wildman–Crippen LogP) is 0.890. The van der Waals surface area contributed by atoms with Crippen LogP contribution in [0, 0.1) is 0 Å². The number of aromatic hydroxyl groups is 1. The van der Waals surface area contributed by atoms with Crippen LogP contribution in [-0.4, -0.2) is 30.0 Å². The zero-order valence-electron chi connectivity index (χ0n) is 10.1. The van der Waals surface area contributed by atoms with Crippen molar-refractivity contribution in [1.82, 2.24) is 10.6 Å². The maximum atomic E-state index is 11.7. The molecular formula is C12H16N2O3. The van der Waals surface area contributed by atoms with E-state index in [0.29, 0.717) is 0 Å². The molecule has 1 aromatic carbocycles. The van der Waals surface area contributed by atoms with Gasteiger partial charge in [-0.15, -0.1) is 0 Å². The second kappa shape index (κ2) is 5.34. The SMILES string of the molecule is CNC(=O)c1cccc(C(=O)NC(C)C)c1O. The van der Waals surface area contributed by atoms with Crippen LogP contribution in [0.3, 0.4) is 0 Å². The van der Waals surface area contributed by atoms with Crippen molar-refractivity contribution in [2.45, 2.75) is 19.9 Å². The normalized spacial score (nSPS) is 10.1. The van der Waals surface area contributed by atoms with Gasteiger partial charge in [-0.2, -0.15) is 0 Å². The fraction of sp³-hybridized carbons (Fsp3) is 0.333. The Morgan fingerprint density at radius 1 is 1.18 bits per heavy atom. The number of rotatable bonds is 3. The number of hydrogen-bond acceptors (Lipinski definition) is 3. The van der Waals surface area contributed by atoms with Gasteiger partial charge in [-0.25, -0.2) is 0 Å². The largest absolute Gasteiger partial charge is 0.506 e. The van der Waals surface area contributed by atoms with Crippen molar-refractivity contribution in [3.05, 3.63) is 29.3 Å². The summed E-state index contributed by atoms with van der Waals surface area (Å²) < 4.78 is 0. The second-order valence-electron chi connectivity index (χ2n) is 3.91. The first-order chi connectivity index (χ1) is 7.97. The van der Waals surface area contributed by atoms with Gasteiger partial charge in [-0.05, 0) is 26.0 Å². The number of carbonyl (C=O) groups excluding carboxylic acids is 2. The molecular weight excluding hydrogens is 220 g/mol. The Labute approximate surface area is 99.8 Å². The molecule has 0 spiro atoms. The van der Waals surface area contributed by atoms with Crippen LogP contribution in [0.25, 0.3) is 0 Å². The van der Waals surface area contributed by atoms with E-state index in [0.717, 1.165) is 0 Å². The third kappa shape index (κ3) is 2.96. The lowest BCUT2D eigenvalue weighted by Gasteiger charge is -2.11. The first-order valence-electron chi connectivity index (χ1n) is 5.32. The minimum Gasteiger partial charge on any atom is -0.506 e. The van der Waals surface area contributed by atoms with Crippen LogP contribution < -0.4 is 10.6 Å². The molecule has 0 radical (unpaired) electrons. The number of amides is 2. The summed E-state index contributed by atoms with van der Waals surface area (Å²) in [6.45, 7) is 3.63. The summed E-state index contributed by atoms with van der Waals surface area (Å²) in [5, 5.41) is 14.9. The van der Waals surface area contributed by atoms with Crippen LogP contribution in [-0.2, 0) is 0 Å². The predicted molar refractivity (Wildman–Crippen MR) is 64.1 cm³/mol. The Balaban J connectivity index is 3.10. The molecule has 0 heterocycles. The van der Waals surface area contributed by atoms with Crippen LogP contribution in [0.15, 0.2) is 18.2 Å². The molecule has 0 unspecified atom stereocenters. The van der Waals surface area contributed by atoms with Crippen molar-refractivity contribution in [3.63, 3.8) is 0 Å². The van der Waals surface area contributed by atoms with Gasteiger partial charge in [-0.3, -0.25) is 9.59 Å². The molecule has 3 N–H and O–H groups in total. The highest BCUT2D eigenvalue weighted by Gasteiger charge is 2.17. The minimum atomic E-state index is -0.429. The van der Waals surface area contributed by atoms with Gasteiger partial charge in [0.05, 0.1) is 11.1 Å². The van der Waals surface area contributed by atoms with Gasteiger partial charge in [0.15, 0.2) is 0 Å². The fourth-order valence-electron chi connectivity index (χ4n) is 1.38. The molecule has 2 amide bonds. The molecule has 5 heteroatoms. The number of phenols is 1. The molecule has 0 aliphatic rings. The van der Waals surface area contributed by atoms with Gasteiger partial charge in [0, 0.05) is 13.1 Å². The molecule has 5 nitrogen and oxygen atoms in total. The van der Waals surface area contributed by atoms with E-state index >= 15 is 0 Å². The van der Waals surface area contributed by atoms with E-state index in [-0.39, 0.29) is 22.9 Å². The third-order valence-corrected chi connectivity index (χ3v) is 2.17. The average molecular weight is 236 g/mol. The quantitative estimate of drug-likeness (QED) is 0.729. The monoisotopic (exact) mass is 236 g/mol. The molecule has 0 fully saturated rings. The van der Waals surface area contributed by atoms with Crippen molar-refractivity contribution >= 4 is 11.8 Å². The standard InChI is InChI=1S/C12H16N2O3/c1-7(2)14-12(17)9-6-4-5-8(10(9)15)11(16)13-3/h4-7,15H,1-3H3,(H,13,16)(H,14,17). The summed E-state index contributed by atoms with van der Waals surface area (Å²) >= 11 is 0. The van der Waals surface area contributed by atoms with Crippen molar-refractivity contribution in [2.75, 3.05) is 7.05 Å². The Morgan fingerprint density at radius 3 is 2.18 bits per heavy atom. The highest BCUT2D eigenvalue weighted by atomic mass is 16.3. The van der Waals surface area contributed by atoms with Crippen molar-refractivity contribution in [2.24, 2.45) is 0 Å². The van der Waals surface area contributed by atoms with Crippen LogP contribution in [0.1, 0.15) is 34.6 Å². The topological polar surface area (TPSA) is 78.4 Å². The molecule has 0 atom stereocenters. The van der Waals surface area contributed by atoms with Gasteiger partial charge < -0.3 is 15.7 Å². The Morgan fingerprint density at radius 2 is 1.71 bits per heavy atom. The lowest BCUT2D eigenvalue weighted by atomic mass is 10.1. The first-order valence-corrected chi connectivity index (χ1v) is 5.32. The number of benzene rings is 1. The number of hydrogen-bond donors (Lipinski definition) is 3. The van der Waals surface area contributed by atoms with Crippen molar-refractivity contribution < 1.29 is 14.7 Å². The first kappa shape index (κ1) is 13.0. The third-order valence-electron chi connectivity index (χ3n) is 2.17. The molecule has 0 aliphatic heterocycles. The molecule has 0 bridgehead atoms. The number of nitrogens with one attached hydrogen (secondary N) is 2. The highest BCUT2D eigenvalue weighted by molar-refractivity contribution is 6.03. The van der Waals surface area contributed by atoms with E-state index in [1.807, 2.05) is 13.8 Å². The number of phenolic OH excluding ortho intramolecular Hbond substituents is 1. The number of para-hydroxylation sites is 1.